The van der Waals surface area contributed by atoms with Gasteiger partial charge in [-0.25, -0.2) is 0 Å². The molecule has 5 heteroatoms. The number of nitrogens with one attached hydrogen (secondary N) is 2. The molecule has 0 aliphatic carbocycles. The van der Waals surface area contributed by atoms with Gasteiger partial charge >= 0.3 is 0 Å². The molecule has 0 amide bonds. The van der Waals surface area contributed by atoms with Crippen molar-refractivity contribution in [3.05, 3.63) is 35.0 Å². The van der Waals surface area contributed by atoms with Crippen molar-refractivity contribution in [2.24, 2.45) is 0 Å². The summed E-state index contributed by atoms with van der Waals surface area (Å²) in [5, 5.41) is 11.2. The number of hydrogen-bond acceptors (Lipinski definition) is 4. The van der Waals surface area contributed by atoms with Gasteiger partial charge in [-0.3, -0.25) is 0 Å². The second-order valence-electron chi connectivity index (χ2n) is 4.50. The number of benzene rings is 1. The lowest BCUT2D eigenvalue weighted by molar-refractivity contribution is 0.00348. The van der Waals surface area contributed by atoms with Crippen LogP contribution in [0.2, 0.25) is 5.02 Å². The Labute approximate surface area is 118 Å². The summed E-state index contributed by atoms with van der Waals surface area (Å²) < 4.78 is 5.57. The van der Waals surface area contributed by atoms with Crippen LogP contribution in [0.25, 0.3) is 5.57 Å². The van der Waals surface area contributed by atoms with Crippen molar-refractivity contribution in [1.82, 2.24) is 5.32 Å². The minimum atomic E-state index is 0.0351. The summed E-state index contributed by atoms with van der Waals surface area (Å²) in [7, 11) is 0. The Morgan fingerprint density at radius 1 is 1.47 bits per heavy atom. The van der Waals surface area contributed by atoms with Gasteiger partial charge in [-0.2, -0.15) is 0 Å². The minimum absolute atomic E-state index is 0.0351. The van der Waals surface area contributed by atoms with Gasteiger partial charge in [-0.1, -0.05) is 17.7 Å². The van der Waals surface area contributed by atoms with E-state index < -0.39 is 0 Å². The maximum atomic E-state index is 7.49. The van der Waals surface area contributed by atoms with Crippen molar-refractivity contribution in [3.63, 3.8) is 0 Å². The van der Waals surface area contributed by atoms with E-state index >= 15 is 0 Å². The van der Waals surface area contributed by atoms with Crippen LogP contribution in [0.15, 0.2) is 24.4 Å². The third-order valence-corrected chi connectivity index (χ3v) is 3.42. The summed E-state index contributed by atoms with van der Waals surface area (Å²) in [4.78, 5) is 0. The zero-order chi connectivity index (χ0) is 13.7. The molecule has 1 aliphatic rings. The number of anilines is 1. The molecule has 0 aromatic heterocycles. The van der Waals surface area contributed by atoms with Gasteiger partial charge in [-0.05, 0) is 37.0 Å². The van der Waals surface area contributed by atoms with Gasteiger partial charge in [-0.15, -0.1) is 0 Å². The number of allylic oxidation sites excluding steroid dienone is 1. The van der Waals surface area contributed by atoms with E-state index in [-0.39, 0.29) is 6.23 Å². The van der Waals surface area contributed by atoms with Crippen molar-refractivity contribution in [1.29, 1.82) is 5.41 Å². The third kappa shape index (κ3) is 3.72. The highest BCUT2D eigenvalue weighted by atomic mass is 35.5. The monoisotopic (exact) mass is 279 g/mol. The first-order valence-electron chi connectivity index (χ1n) is 6.34. The van der Waals surface area contributed by atoms with Crippen LogP contribution >= 0.6 is 11.6 Å². The molecule has 0 saturated carbocycles. The lowest BCUT2D eigenvalue weighted by atomic mass is 10.1. The molecule has 2 rings (SSSR count). The van der Waals surface area contributed by atoms with Gasteiger partial charge in [0, 0.05) is 24.6 Å². The Balaban J connectivity index is 2.09. The maximum absolute atomic E-state index is 7.49. The van der Waals surface area contributed by atoms with E-state index in [4.69, 9.17) is 27.5 Å². The van der Waals surface area contributed by atoms with Gasteiger partial charge in [0.25, 0.3) is 0 Å². The maximum Gasteiger partial charge on any atom is 0.127 e. The Hall–Kier alpha value is -1.52. The number of hydrogen-bond donors (Lipinski definition) is 3. The zero-order valence-electron chi connectivity index (χ0n) is 10.7. The summed E-state index contributed by atoms with van der Waals surface area (Å²) in [6, 6.07) is 5.35. The molecule has 1 aromatic rings. The molecule has 0 radical (unpaired) electrons. The molecule has 19 heavy (non-hydrogen) atoms. The first-order chi connectivity index (χ1) is 9.20. The summed E-state index contributed by atoms with van der Waals surface area (Å²) in [5.41, 5.74) is 7.82. The smallest absolute Gasteiger partial charge is 0.127 e. The predicted molar refractivity (Wildman–Crippen MR) is 79.4 cm³/mol. The number of nitrogen functional groups attached to an aromatic ring is 1. The largest absolute Gasteiger partial charge is 0.398 e. The van der Waals surface area contributed by atoms with Crippen molar-refractivity contribution < 1.29 is 4.74 Å². The molecule has 4 nitrogen and oxygen atoms in total. The van der Waals surface area contributed by atoms with Gasteiger partial charge in [0.2, 0.25) is 0 Å². The number of nitrogens with two attached hydrogens (primary N) is 1. The van der Waals surface area contributed by atoms with Crippen LogP contribution in [0, 0.1) is 5.41 Å². The van der Waals surface area contributed by atoms with E-state index in [0.717, 1.165) is 30.6 Å². The SMILES string of the molecule is N=C/C(=C\NC1CCCCO1)c1ccc(N)c(Cl)c1. The van der Waals surface area contributed by atoms with Crippen LogP contribution < -0.4 is 11.1 Å². The number of halogens is 1. The van der Waals surface area contributed by atoms with E-state index in [1.165, 1.54) is 12.6 Å². The lowest BCUT2D eigenvalue weighted by Gasteiger charge is -2.23. The van der Waals surface area contributed by atoms with Gasteiger partial charge < -0.3 is 21.2 Å². The summed E-state index contributed by atoms with van der Waals surface area (Å²) in [6.07, 6.45) is 6.40. The normalized spacial score (nSPS) is 20.1. The second kappa shape index (κ2) is 6.59. The average molecular weight is 280 g/mol. The molecule has 4 N–H and O–H groups in total. The van der Waals surface area contributed by atoms with Crippen molar-refractivity contribution >= 4 is 29.1 Å². The van der Waals surface area contributed by atoms with Crippen molar-refractivity contribution in [2.75, 3.05) is 12.3 Å². The highest BCUT2D eigenvalue weighted by Gasteiger charge is 2.11. The number of rotatable bonds is 4. The average Bonchev–Trinajstić information content (AvgIpc) is 2.44. The van der Waals surface area contributed by atoms with Crippen LogP contribution in [0.3, 0.4) is 0 Å². The van der Waals surface area contributed by atoms with Gasteiger partial charge in [0.05, 0.1) is 10.7 Å². The fourth-order valence-electron chi connectivity index (χ4n) is 1.97. The minimum Gasteiger partial charge on any atom is -0.398 e. The summed E-state index contributed by atoms with van der Waals surface area (Å²) >= 11 is 5.99. The molecule has 0 spiro atoms. The van der Waals surface area contributed by atoms with Crippen molar-refractivity contribution in [2.45, 2.75) is 25.5 Å². The molecular formula is C14H18ClN3O. The Bertz CT molecular complexity index is 482. The Morgan fingerprint density at radius 2 is 2.32 bits per heavy atom. The topological polar surface area (TPSA) is 71.1 Å². The molecule has 1 heterocycles. The van der Waals surface area contributed by atoms with Crippen LogP contribution in [0.1, 0.15) is 24.8 Å². The first-order valence-corrected chi connectivity index (χ1v) is 6.72. The molecule has 0 bridgehead atoms. The molecule has 1 atom stereocenters. The molecular weight excluding hydrogens is 262 g/mol. The Morgan fingerprint density at radius 3 is 2.95 bits per heavy atom. The van der Waals surface area contributed by atoms with Crippen LogP contribution in [0.4, 0.5) is 5.69 Å². The predicted octanol–water partition coefficient (Wildman–Crippen LogP) is 3.03. The lowest BCUT2D eigenvalue weighted by Crippen LogP contribution is -2.31. The molecule has 1 saturated heterocycles. The van der Waals surface area contributed by atoms with Gasteiger partial charge in [0.1, 0.15) is 6.23 Å². The summed E-state index contributed by atoms with van der Waals surface area (Å²) in [5.74, 6) is 0. The Kier molecular flexibility index (Phi) is 4.82. The van der Waals surface area contributed by atoms with E-state index in [1.807, 2.05) is 6.07 Å². The van der Waals surface area contributed by atoms with Crippen LogP contribution in [-0.2, 0) is 4.74 Å². The van der Waals surface area contributed by atoms with E-state index in [1.54, 1.807) is 18.3 Å². The summed E-state index contributed by atoms with van der Waals surface area (Å²) in [6.45, 7) is 0.791. The van der Waals surface area contributed by atoms with Crippen LogP contribution in [-0.4, -0.2) is 19.0 Å². The molecule has 1 aromatic carbocycles. The molecule has 102 valence electrons. The third-order valence-electron chi connectivity index (χ3n) is 3.09. The fraction of sp³-hybridized carbons (Fsp3) is 0.357. The van der Waals surface area contributed by atoms with Gasteiger partial charge in [0.15, 0.2) is 0 Å². The van der Waals surface area contributed by atoms with Crippen molar-refractivity contribution in [3.8, 4) is 0 Å². The quantitative estimate of drug-likeness (QED) is 0.586. The van der Waals surface area contributed by atoms with E-state index in [2.05, 4.69) is 5.32 Å². The standard InChI is InChI=1S/C14H18ClN3O/c15-12-7-10(4-5-13(12)17)11(8-16)9-18-14-3-1-2-6-19-14/h4-5,7-9,14,16,18H,1-3,6,17H2/b11-9+,16-8?. The highest BCUT2D eigenvalue weighted by molar-refractivity contribution is 6.33. The highest BCUT2D eigenvalue weighted by Crippen LogP contribution is 2.23. The first kappa shape index (κ1) is 13.9. The van der Waals surface area contributed by atoms with E-state index in [9.17, 15) is 0 Å². The van der Waals surface area contributed by atoms with Crippen LogP contribution in [0.5, 0.6) is 0 Å². The molecule has 1 fully saturated rings. The number of ether oxygens (including phenoxy) is 1. The van der Waals surface area contributed by atoms with E-state index in [0.29, 0.717) is 10.7 Å². The molecule has 1 unspecified atom stereocenters. The zero-order valence-corrected chi connectivity index (χ0v) is 11.4. The molecule has 1 aliphatic heterocycles. The fourth-order valence-corrected chi connectivity index (χ4v) is 2.15. The second-order valence-corrected chi connectivity index (χ2v) is 4.91.